The van der Waals surface area contributed by atoms with Crippen LogP contribution in [0, 0.1) is 31.1 Å². The molecule has 0 amide bonds. The van der Waals surface area contributed by atoms with Gasteiger partial charge in [0.15, 0.2) is 0 Å². The summed E-state index contributed by atoms with van der Waals surface area (Å²) in [5, 5.41) is 18.4. The molecule has 2 unspecified atom stereocenters. The Bertz CT molecular complexity index is 457. The SMILES string of the molecule is CCC(C)CC.CCC(C)CC.CCC(C)CC.CCC(C)CC.CCC(O)CC.CCC1CO1.CCOC(C)=O.CNC.CO.ClCC1CO1.O.[CH3-].[Pd]. The van der Waals surface area contributed by atoms with Gasteiger partial charge in [-0.05, 0) is 64.0 Å². The van der Waals surface area contributed by atoms with Crippen molar-refractivity contribution >= 4 is 17.6 Å². The van der Waals surface area contributed by atoms with Gasteiger partial charge in [-0.3, -0.25) is 4.79 Å². The molecule has 5 N–H and O–H groups in total. The van der Waals surface area contributed by atoms with Crippen molar-refractivity contribution in [1.82, 2.24) is 5.32 Å². The van der Waals surface area contributed by atoms with Crippen molar-refractivity contribution in [1.29, 1.82) is 0 Å². The van der Waals surface area contributed by atoms with Crippen LogP contribution in [0.25, 0.3) is 0 Å². The summed E-state index contributed by atoms with van der Waals surface area (Å²) in [6.07, 6.45) is 14.6. The van der Waals surface area contributed by atoms with Crippen LogP contribution >= 0.6 is 11.6 Å². The minimum Gasteiger partial charge on any atom is -0.466 e. The normalized spacial score (nSPS) is 13.2. The predicted octanol–water partition coefficient (Wildman–Crippen LogP) is 12.0. The molecular weight excluding hydrogens is 796 g/mol. The predicted molar refractivity (Wildman–Crippen MR) is 242 cm³/mol. The van der Waals surface area contributed by atoms with Crippen LogP contribution in [0.4, 0.5) is 0 Å². The van der Waals surface area contributed by atoms with E-state index < -0.39 is 0 Å². The molecule has 346 valence electrons. The molecule has 0 aliphatic carbocycles. The van der Waals surface area contributed by atoms with Gasteiger partial charge < -0.3 is 42.6 Å². The first-order valence-corrected chi connectivity index (χ1v) is 21.3. The quantitative estimate of drug-likeness (QED) is 0.0551. The molecule has 0 spiro atoms. The third-order valence-electron chi connectivity index (χ3n) is 8.30. The molecule has 54 heavy (non-hydrogen) atoms. The molecule has 2 fully saturated rings. The standard InChI is InChI=1S/4C6H14.C5H12O.C4H8O2.C4H8O.C3H5ClO.C2H7N.CH4O.CH3.H2O.Pd/c4*1-4-6(3)5-2;1-3-5(6)4-2;1-3-6-4(2)5;1-2-4-3-5-4;4-1-3-2-5-3;1-3-2;1-2;;;/h4*6H,4-5H2,1-3H3;5-6H,3-4H2,1-2H3;3H2,1-2H3;4H,2-3H2,1H3;3H,1-2H2;3H,1-2H3;2H,1H3;1H3;1H2;/q;;;;;;;;;;-1;;. The van der Waals surface area contributed by atoms with Gasteiger partial charge in [-0.15, -0.1) is 11.6 Å². The van der Waals surface area contributed by atoms with Crippen LogP contribution in [-0.2, 0) is 39.4 Å². The van der Waals surface area contributed by atoms with Crippen molar-refractivity contribution in [2.24, 2.45) is 23.7 Å². The molecule has 0 aromatic carbocycles. The van der Waals surface area contributed by atoms with Crippen molar-refractivity contribution in [3.63, 3.8) is 0 Å². The third kappa shape index (κ3) is 124. The van der Waals surface area contributed by atoms with Crippen molar-refractivity contribution in [2.45, 2.75) is 207 Å². The smallest absolute Gasteiger partial charge is 0.302 e. The Kier molecular flexibility index (Phi) is 118. The molecule has 2 saturated heterocycles. The number of epoxide rings is 2. The number of rotatable bonds is 13. The number of ether oxygens (including phenoxy) is 3. The summed E-state index contributed by atoms with van der Waals surface area (Å²) in [5.41, 5.74) is 0. The Morgan fingerprint density at radius 3 is 0.870 bits per heavy atom. The van der Waals surface area contributed by atoms with E-state index in [-0.39, 0.29) is 45.4 Å². The minimum atomic E-state index is -0.211. The van der Waals surface area contributed by atoms with Gasteiger partial charge in [0.2, 0.25) is 0 Å². The van der Waals surface area contributed by atoms with E-state index in [1.54, 1.807) is 6.92 Å². The number of aliphatic hydroxyl groups is 2. The molecular formula is C44H105ClNO7Pd-. The van der Waals surface area contributed by atoms with E-state index in [2.05, 4.69) is 100 Å². The molecule has 0 radical (unpaired) electrons. The van der Waals surface area contributed by atoms with Gasteiger partial charge in [0, 0.05) is 34.5 Å². The minimum absolute atomic E-state index is 0. The molecule has 8 nitrogen and oxygen atoms in total. The van der Waals surface area contributed by atoms with Gasteiger partial charge in [0.1, 0.15) is 0 Å². The van der Waals surface area contributed by atoms with E-state index in [1.165, 1.54) is 64.7 Å². The largest absolute Gasteiger partial charge is 0.466 e. The number of nitrogens with one attached hydrogen (secondary N) is 1. The van der Waals surface area contributed by atoms with Gasteiger partial charge in [-0.2, -0.15) is 0 Å². The second-order valence-corrected chi connectivity index (χ2v) is 13.4. The van der Waals surface area contributed by atoms with E-state index in [0.717, 1.165) is 56.8 Å². The Morgan fingerprint density at radius 2 is 0.870 bits per heavy atom. The van der Waals surface area contributed by atoms with Crippen LogP contribution in [-0.4, -0.2) is 86.9 Å². The van der Waals surface area contributed by atoms with Crippen LogP contribution in [0.2, 0.25) is 0 Å². The fraction of sp³-hybridized carbons (Fsp3) is 0.955. The van der Waals surface area contributed by atoms with Crippen LogP contribution in [0.1, 0.15) is 188 Å². The summed E-state index contributed by atoms with van der Waals surface area (Å²) < 4.78 is 14.0. The van der Waals surface area contributed by atoms with Crippen molar-refractivity contribution in [3.8, 4) is 0 Å². The molecule has 2 heterocycles. The van der Waals surface area contributed by atoms with Gasteiger partial charge in [0.25, 0.3) is 0 Å². The van der Waals surface area contributed by atoms with Gasteiger partial charge in [-0.1, -0.05) is 155 Å². The first kappa shape index (κ1) is 82.2. The number of carbonyl (C=O) groups is 1. The number of hydrogen-bond acceptors (Lipinski definition) is 7. The fourth-order valence-corrected chi connectivity index (χ4v) is 2.29. The second-order valence-electron chi connectivity index (χ2n) is 13.1. The number of esters is 1. The van der Waals surface area contributed by atoms with Gasteiger partial charge in [-0.25, -0.2) is 0 Å². The van der Waals surface area contributed by atoms with E-state index >= 15 is 0 Å². The first-order valence-electron chi connectivity index (χ1n) is 20.7. The number of alkyl halides is 1. The molecule has 2 atom stereocenters. The average molecular weight is 902 g/mol. The van der Waals surface area contributed by atoms with E-state index in [0.29, 0.717) is 24.7 Å². The summed E-state index contributed by atoms with van der Waals surface area (Å²) in [5.74, 6) is 4.20. The number of aliphatic hydroxyl groups excluding tert-OH is 2. The maximum absolute atomic E-state index is 9.82. The van der Waals surface area contributed by atoms with Crippen molar-refractivity contribution in [2.75, 3.05) is 46.9 Å². The molecule has 0 aromatic heterocycles. The van der Waals surface area contributed by atoms with Crippen molar-refractivity contribution in [3.05, 3.63) is 7.43 Å². The Labute approximate surface area is 361 Å². The molecule has 0 aromatic rings. The van der Waals surface area contributed by atoms with E-state index in [4.69, 9.17) is 31.3 Å². The van der Waals surface area contributed by atoms with Crippen LogP contribution < -0.4 is 5.32 Å². The van der Waals surface area contributed by atoms with Crippen LogP contribution in [0.3, 0.4) is 0 Å². The third-order valence-corrected chi connectivity index (χ3v) is 8.64. The van der Waals surface area contributed by atoms with E-state index in [1.807, 2.05) is 27.9 Å². The zero-order chi connectivity index (χ0) is 42.1. The Balaban J connectivity index is -0.0000000424. The molecule has 10 heteroatoms. The second kappa shape index (κ2) is 77.7. The van der Waals surface area contributed by atoms with Crippen LogP contribution in [0.5, 0.6) is 0 Å². The number of hydrogen-bond donors (Lipinski definition) is 3. The monoisotopic (exact) mass is 901 g/mol. The maximum Gasteiger partial charge on any atom is 0.302 e. The summed E-state index contributed by atoms with van der Waals surface area (Å²) >= 11 is 5.27. The fourth-order valence-electron chi connectivity index (χ4n) is 2.11. The summed E-state index contributed by atoms with van der Waals surface area (Å²) in [6, 6.07) is 0. The van der Waals surface area contributed by atoms with Gasteiger partial charge in [0.05, 0.1) is 44.0 Å². The zero-order valence-electron chi connectivity index (χ0n) is 40.4. The zero-order valence-corrected chi connectivity index (χ0v) is 42.7. The molecule has 2 rings (SSSR count). The molecule has 2 aliphatic rings. The first-order chi connectivity index (χ1) is 24.1. The summed E-state index contributed by atoms with van der Waals surface area (Å²) in [4.78, 5) is 9.82. The van der Waals surface area contributed by atoms with E-state index in [9.17, 15) is 4.79 Å². The number of carbonyl (C=O) groups excluding carboxylic acids is 1. The van der Waals surface area contributed by atoms with Gasteiger partial charge >= 0.3 is 5.97 Å². The summed E-state index contributed by atoms with van der Waals surface area (Å²) in [6.45, 7) is 38.6. The Hall–Kier alpha value is 0.182. The maximum atomic E-state index is 9.82. The van der Waals surface area contributed by atoms with Crippen LogP contribution in [0.15, 0.2) is 0 Å². The summed E-state index contributed by atoms with van der Waals surface area (Å²) in [7, 11) is 4.75. The average Bonchev–Trinajstić information content (AvgIpc) is 4.11. The molecule has 0 bridgehead atoms. The molecule has 2 aliphatic heterocycles. The Morgan fingerprint density at radius 1 is 0.648 bits per heavy atom. The topological polar surface area (TPSA) is 135 Å². The number of halogens is 1. The molecule has 0 saturated carbocycles. The van der Waals surface area contributed by atoms with Crippen molar-refractivity contribution < 1.29 is 55.1 Å².